The molecule has 4 aromatic rings. The van der Waals surface area contributed by atoms with Gasteiger partial charge >= 0.3 is 0 Å². The van der Waals surface area contributed by atoms with Crippen LogP contribution in [0, 0.1) is 16.9 Å². The van der Waals surface area contributed by atoms with E-state index in [1.54, 1.807) is 0 Å². The van der Waals surface area contributed by atoms with Crippen molar-refractivity contribution in [1.29, 1.82) is 0 Å². The summed E-state index contributed by atoms with van der Waals surface area (Å²) >= 11 is 0. The quantitative estimate of drug-likeness (QED) is 0.105. The number of carbonyl (C=O) groups is 1. The van der Waals surface area contributed by atoms with Crippen molar-refractivity contribution in [2.45, 2.75) is 93.4 Å². The molecule has 4 nitrogen and oxygen atoms in total. The number of hydrogen-bond donors (Lipinski definition) is 1. The number of carbonyl (C=O) groups excluding carboxylic acids is 1. The third-order valence-electron chi connectivity index (χ3n) is 9.18. The molecule has 2 heterocycles. The number of benzene rings is 2. The summed E-state index contributed by atoms with van der Waals surface area (Å²) in [5.74, 6) is 0.286. The predicted octanol–water partition coefficient (Wildman–Crippen LogP) is 10.7. The van der Waals surface area contributed by atoms with Gasteiger partial charge < -0.3 is 5.11 Å². The van der Waals surface area contributed by atoms with Crippen LogP contribution in [0.25, 0.3) is 33.3 Å². The van der Waals surface area contributed by atoms with Gasteiger partial charge in [0, 0.05) is 55.1 Å². The number of ketones is 1. The summed E-state index contributed by atoms with van der Waals surface area (Å²) in [6.07, 6.45) is 8.42. The Morgan fingerprint density at radius 2 is 1.36 bits per heavy atom. The molecule has 0 spiro atoms. The third kappa shape index (κ3) is 8.73. The number of allylic oxidation sites excluding steroid dienone is 2. The van der Waals surface area contributed by atoms with Gasteiger partial charge in [-0.1, -0.05) is 104 Å². The molecule has 0 aliphatic rings. The molecular formula is C39H49IrN2O2-. The summed E-state index contributed by atoms with van der Waals surface area (Å²) in [4.78, 5) is 21.2. The second-order valence-corrected chi connectivity index (χ2v) is 13.0. The van der Waals surface area contributed by atoms with Gasteiger partial charge in [0.15, 0.2) is 5.78 Å². The Kier molecular flexibility index (Phi) is 13.2. The van der Waals surface area contributed by atoms with Gasteiger partial charge in [-0.2, -0.15) is 0 Å². The van der Waals surface area contributed by atoms with Crippen molar-refractivity contribution in [2.24, 2.45) is 10.8 Å². The van der Waals surface area contributed by atoms with Crippen LogP contribution < -0.4 is 0 Å². The minimum atomic E-state index is -0.337. The van der Waals surface area contributed by atoms with Crippen LogP contribution in [-0.4, -0.2) is 20.9 Å². The van der Waals surface area contributed by atoms with Crippen LogP contribution in [0.3, 0.4) is 0 Å². The molecule has 2 aromatic carbocycles. The van der Waals surface area contributed by atoms with Crippen molar-refractivity contribution in [3.8, 4) is 22.5 Å². The van der Waals surface area contributed by atoms with Gasteiger partial charge in [0.05, 0.1) is 5.69 Å². The minimum absolute atomic E-state index is 0. The van der Waals surface area contributed by atoms with E-state index in [-0.39, 0.29) is 47.9 Å². The summed E-state index contributed by atoms with van der Waals surface area (Å²) in [5.41, 5.74) is 4.71. The molecule has 44 heavy (non-hydrogen) atoms. The Bertz CT molecular complexity index is 1550. The Hall–Kier alpha value is -3.14. The van der Waals surface area contributed by atoms with Crippen molar-refractivity contribution in [2.75, 3.05) is 0 Å². The van der Waals surface area contributed by atoms with Gasteiger partial charge in [0.1, 0.15) is 5.76 Å². The maximum atomic E-state index is 12.2. The summed E-state index contributed by atoms with van der Waals surface area (Å²) in [5, 5.41) is 12.5. The predicted molar refractivity (Wildman–Crippen MR) is 181 cm³/mol. The van der Waals surface area contributed by atoms with Crippen molar-refractivity contribution in [3.63, 3.8) is 0 Å². The molecule has 0 fully saturated rings. The Labute approximate surface area is 278 Å². The van der Waals surface area contributed by atoms with Crippen molar-refractivity contribution >= 4 is 16.6 Å². The van der Waals surface area contributed by atoms with Crippen LogP contribution in [0.2, 0.25) is 0 Å². The molecule has 2 aromatic heterocycles. The zero-order valence-electron chi connectivity index (χ0n) is 27.9. The van der Waals surface area contributed by atoms with Gasteiger partial charge in [0.25, 0.3) is 0 Å². The van der Waals surface area contributed by atoms with E-state index in [4.69, 9.17) is 0 Å². The first-order valence-electron chi connectivity index (χ1n) is 15.6. The van der Waals surface area contributed by atoms with Crippen LogP contribution >= 0.6 is 0 Å². The first-order valence-corrected chi connectivity index (χ1v) is 15.6. The molecule has 0 unspecified atom stereocenters. The van der Waals surface area contributed by atoms with Gasteiger partial charge in [-0.15, -0.1) is 29.1 Å². The zero-order chi connectivity index (χ0) is 31.8. The van der Waals surface area contributed by atoms with E-state index in [0.29, 0.717) is 0 Å². The molecule has 0 atom stereocenters. The van der Waals surface area contributed by atoms with E-state index in [0.717, 1.165) is 53.6 Å². The molecule has 5 heteroatoms. The van der Waals surface area contributed by atoms with E-state index >= 15 is 0 Å². The van der Waals surface area contributed by atoms with Crippen LogP contribution in [-0.2, 0) is 30.3 Å². The maximum Gasteiger partial charge on any atom is 0.164 e. The summed E-state index contributed by atoms with van der Waals surface area (Å²) < 4.78 is 0. The second kappa shape index (κ2) is 15.7. The number of fused-ring (bicyclic) bond motifs is 1. The van der Waals surface area contributed by atoms with E-state index in [1.807, 2.05) is 78.2 Å². The van der Waals surface area contributed by atoms with Crippen molar-refractivity contribution < 1.29 is 30.0 Å². The smallest absolute Gasteiger partial charge is 0.164 e. The van der Waals surface area contributed by atoms with E-state index in [1.165, 1.54) is 17.0 Å². The maximum absolute atomic E-state index is 12.2. The number of hydrogen-bond acceptors (Lipinski definition) is 4. The number of aliphatic hydroxyl groups excluding tert-OH is 1. The summed E-state index contributed by atoms with van der Waals surface area (Å²) in [6, 6.07) is 24.3. The second-order valence-electron chi connectivity index (χ2n) is 13.0. The molecular weight excluding hydrogens is 721 g/mol. The molecule has 0 saturated heterocycles. The molecule has 1 N–H and O–H groups in total. The molecule has 0 amide bonds. The first-order chi connectivity index (χ1) is 20.3. The molecule has 0 bridgehead atoms. The standard InChI is InChI=1S/C24H21N2.C15H28O2.Ir/c1-24(2,3)21-15-19(14-17-8-4-5-9-20(17)21)23-16-18(11-13-26-23)22-10-6-7-12-25-22;1-7-14(5,8-2)12(16)11-13(17)15(6,9-3)10-4;/h4-13,15-16H,1-3H3;11,16H,7-10H2,1-6H3;/q-1;;/b;12-11-;. The van der Waals surface area contributed by atoms with Crippen LogP contribution in [0.4, 0.5) is 0 Å². The monoisotopic (exact) mass is 770 g/mol. The average Bonchev–Trinajstić information content (AvgIpc) is 3.03. The van der Waals surface area contributed by atoms with Crippen LogP contribution in [0.5, 0.6) is 0 Å². The number of nitrogens with zero attached hydrogens (tertiary/aromatic N) is 2. The van der Waals surface area contributed by atoms with E-state index < -0.39 is 0 Å². The molecule has 0 saturated carbocycles. The fraction of sp³-hybridized carbons (Fsp3) is 0.410. The molecule has 237 valence electrons. The Balaban J connectivity index is 0.000000331. The Morgan fingerprint density at radius 3 is 1.93 bits per heavy atom. The first kappa shape index (κ1) is 37.0. The van der Waals surface area contributed by atoms with Crippen LogP contribution in [0.15, 0.2) is 84.9 Å². The number of aliphatic hydroxyl groups is 1. The van der Waals surface area contributed by atoms with Gasteiger partial charge in [-0.05, 0) is 54.9 Å². The molecule has 0 aliphatic heterocycles. The van der Waals surface area contributed by atoms with Gasteiger partial charge in [-0.3, -0.25) is 14.8 Å². The van der Waals surface area contributed by atoms with Gasteiger partial charge in [-0.25, -0.2) is 0 Å². The van der Waals surface area contributed by atoms with Crippen molar-refractivity contribution in [1.82, 2.24) is 9.97 Å². The SMILES string of the molecule is CC(C)(C)c1cc(-c2cc(-c3ccccn3)ccn2)[c-]c2ccccc12.CCC(C)(CC)C(=O)/C=C(\O)C(C)(CC)CC.[Ir]. The minimum Gasteiger partial charge on any atom is -0.512 e. The third-order valence-corrected chi connectivity index (χ3v) is 9.18. The van der Waals surface area contributed by atoms with Crippen LogP contribution in [0.1, 0.15) is 93.6 Å². The van der Waals surface area contributed by atoms with E-state index in [9.17, 15) is 9.90 Å². The van der Waals surface area contributed by atoms with E-state index in [2.05, 4.69) is 73.2 Å². The van der Waals surface area contributed by atoms with Crippen molar-refractivity contribution in [3.05, 3.63) is 96.5 Å². The Morgan fingerprint density at radius 1 is 0.773 bits per heavy atom. The number of rotatable bonds is 9. The number of pyridine rings is 2. The topological polar surface area (TPSA) is 63.1 Å². The zero-order valence-corrected chi connectivity index (χ0v) is 30.3. The largest absolute Gasteiger partial charge is 0.512 e. The molecule has 0 aliphatic carbocycles. The molecule has 1 radical (unpaired) electrons. The molecule has 4 rings (SSSR count). The summed E-state index contributed by atoms with van der Waals surface area (Å²) in [7, 11) is 0. The fourth-order valence-corrected chi connectivity index (χ4v) is 4.94. The normalized spacial score (nSPS) is 12.2. The summed E-state index contributed by atoms with van der Waals surface area (Å²) in [6.45, 7) is 18.8. The van der Waals surface area contributed by atoms with Gasteiger partial charge in [0.2, 0.25) is 0 Å². The average molecular weight is 770 g/mol. The fourth-order valence-electron chi connectivity index (χ4n) is 4.94. The number of aromatic nitrogens is 2.